The summed E-state index contributed by atoms with van der Waals surface area (Å²) in [5.74, 6) is -0.283. The summed E-state index contributed by atoms with van der Waals surface area (Å²) in [6, 6.07) is 15.8. The lowest BCUT2D eigenvalue weighted by Gasteiger charge is -2.13. The number of aryl methyl sites for hydroxylation is 1. The summed E-state index contributed by atoms with van der Waals surface area (Å²) < 4.78 is 67.6. The molecule has 0 aliphatic heterocycles. The van der Waals surface area contributed by atoms with Crippen molar-refractivity contribution in [3.63, 3.8) is 0 Å². The molecule has 0 aliphatic rings. The van der Waals surface area contributed by atoms with Crippen LogP contribution in [0.15, 0.2) is 85.7 Å². The van der Waals surface area contributed by atoms with Crippen molar-refractivity contribution in [1.82, 2.24) is 4.57 Å². The third kappa shape index (κ3) is 4.43. The number of hydrogen-bond donors (Lipinski definition) is 2. The van der Waals surface area contributed by atoms with Crippen molar-refractivity contribution in [2.24, 2.45) is 7.05 Å². The first kappa shape index (κ1) is 22.4. The Morgan fingerprint density at radius 3 is 2.30 bits per heavy atom. The Morgan fingerprint density at radius 2 is 1.55 bits per heavy atom. The highest BCUT2D eigenvalue weighted by atomic mass is 32.2. The maximum atomic E-state index is 12.9. The Bertz CT molecular complexity index is 1620. The predicted octanol–water partition coefficient (Wildman–Crippen LogP) is 2.74. The first-order valence-corrected chi connectivity index (χ1v) is 12.5. The van der Waals surface area contributed by atoms with Crippen LogP contribution in [-0.2, 0) is 27.1 Å². The Morgan fingerprint density at radius 1 is 0.848 bits per heavy atom. The van der Waals surface area contributed by atoms with Crippen LogP contribution >= 0.6 is 0 Å². The molecule has 0 fully saturated rings. The minimum absolute atomic E-state index is 0.0347. The van der Waals surface area contributed by atoms with E-state index in [4.69, 9.17) is 9.15 Å². The molecule has 0 saturated heterocycles. The second-order valence-electron chi connectivity index (χ2n) is 7.00. The molecule has 0 unspecified atom stereocenters. The smallest absolute Gasteiger partial charge is 0.419 e. The zero-order valence-corrected chi connectivity index (χ0v) is 19.1. The molecule has 172 valence electrons. The van der Waals surface area contributed by atoms with E-state index in [0.717, 1.165) is 0 Å². The van der Waals surface area contributed by atoms with Gasteiger partial charge in [-0.25, -0.2) is 21.6 Å². The zero-order chi connectivity index (χ0) is 23.8. The van der Waals surface area contributed by atoms with E-state index in [9.17, 15) is 21.6 Å². The van der Waals surface area contributed by atoms with Crippen molar-refractivity contribution in [3.8, 4) is 5.75 Å². The predicted molar refractivity (Wildman–Crippen MR) is 123 cm³/mol. The summed E-state index contributed by atoms with van der Waals surface area (Å²) in [6.07, 6.45) is 0. The van der Waals surface area contributed by atoms with Gasteiger partial charge in [-0.1, -0.05) is 18.2 Å². The molecule has 33 heavy (non-hydrogen) atoms. The highest BCUT2D eigenvalue weighted by molar-refractivity contribution is 7.93. The van der Waals surface area contributed by atoms with Crippen molar-refractivity contribution < 1.29 is 26.0 Å². The van der Waals surface area contributed by atoms with Gasteiger partial charge in [0.15, 0.2) is 5.58 Å². The number of para-hydroxylation sites is 2. The average molecular weight is 490 g/mol. The van der Waals surface area contributed by atoms with Gasteiger partial charge in [0, 0.05) is 13.1 Å². The monoisotopic (exact) mass is 489 g/mol. The van der Waals surface area contributed by atoms with Crippen LogP contribution in [0.3, 0.4) is 0 Å². The van der Waals surface area contributed by atoms with E-state index in [1.54, 1.807) is 24.3 Å². The number of fused-ring (bicyclic) bond motifs is 1. The summed E-state index contributed by atoms with van der Waals surface area (Å²) in [5, 5.41) is 0. The first-order chi connectivity index (χ1) is 15.6. The van der Waals surface area contributed by atoms with E-state index in [1.165, 1.54) is 61.2 Å². The molecular weight excluding hydrogens is 470 g/mol. The number of rotatable bonds is 7. The fourth-order valence-electron chi connectivity index (χ4n) is 3.15. The fraction of sp³-hybridized carbons (Fsp3) is 0.0952. The van der Waals surface area contributed by atoms with Crippen LogP contribution < -0.4 is 19.9 Å². The summed E-state index contributed by atoms with van der Waals surface area (Å²) in [4.78, 5) is 11.4. The second-order valence-corrected chi connectivity index (χ2v) is 10.4. The van der Waals surface area contributed by atoms with Crippen molar-refractivity contribution in [2.45, 2.75) is 9.79 Å². The van der Waals surface area contributed by atoms with Crippen LogP contribution in [0.5, 0.6) is 5.75 Å². The molecule has 0 saturated carbocycles. The Kier molecular flexibility index (Phi) is 5.64. The third-order valence-corrected chi connectivity index (χ3v) is 7.56. The molecule has 2 N–H and O–H groups in total. The number of benzene rings is 3. The maximum Gasteiger partial charge on any atom is 0.419 e. The minimum atomic E-state index is -4.10. The number of sulfonamides is 2. The van der Waals surface area contributed by atoms with Crippen molar-refractivity contribution in [1.29, 1.82) is 0 Å². The Balaban J connectivity index is 1.63. The van der Waals surface area contributed by atoms with Gasteiger partial charge in [-0.05, 0) is 42.5 Å². The number of oxazole rings is 1. The van der Waals surface area contributed by atoms with Crippen molar-refractivity contribution in [2.75, 3.05) is 16.6 Å². The summed E-state index contributed by atoms with van der Waals surface area (Å²) in [7, 11) is -5.21. The molecule has 1 aromatic heterocycles. The van der Waals surface area contributed by atoms with Crippen LogP contribution in [0.1, 0.15) is 0 Å². The van der Waals surface area contributed by atoms with Crippen LogP contribution in [0, 0.1) is 0 Å². The second kappa shape index (κ2) is 8.30. The molecular formula is C21H19N3O7S2. The Labute approximate surface area is 189 Å². The van der Waals surface area contributed by atoms with Gasteiger partial charge in [0.05, 0.1) is 33.8 Å². The quantitative estimate of drug-likeness (QED) is 0.407. The molecule has 3 aromatic carbocycles. The SMILES string of the molecule is COc1ccccc1NS(=O)(=O)c1cccc(NS(=O)(=O)c2ccc3c(c2)oc(=O)n3C)c1. The minimum Gasteiger partial charge on any atom is -0.495 e. The van der Waals surface area contributed by atoms with Gasteiger partial charge in [0.1, 0.15) is 5.75 Å². The molecule has 0 aliphatic carbocycles. The van der Waals surface area contributed by atoms with Gasteiger partial charge in [-0.15, -0.1) is 0 Å². The number of methoxy groups -OCH3 is 1. The van der Waals surface area contributed by atoms with E-state index < -0.39 is 25.8 Å². The van der Waals surface area contributed by atoms with Gasteiger partial charge >= 0.3 is 5.76 Å². The average Bonchev–Trinajstić information content (AvgIpc) is 3.07. The van der Waals surface area contributed by atoms with Gasteiger partial charge in [0.2, 0.25) is 0 Å². The largest absolute Gasteiger partial charge is 0.495 e. The van der Waals surface area contributed by atoms with Crippen LogP contribution in [0.2, 0.25) is 0 Å². The van der Waals surface area contributed by atoms with E-state index in [2.05, 4.69) is 9.44 Å². The van der Waals surface area contributed by atoms with Crippen LogP contribution in [0.25, 0.3) is 11.1 Å². The number of nitrogens with one attached hydrogen (secondary N) is 2. The highest BCUT2D eigenvalue weighted by Gasteiger charge is 2.20. The molecule has 4 rings (SSSR count). The summed E-state index contributed by atoms with van der Waals surface area (Å²) in [5.41, 5.74) is 0.827. The standard InChI is InChI=1S/C21H19N3O7S2/c1-24-18-11-10-16(13-20(18)31-21(24)25)32(26,27)22-14-6-5-7-15(12-14)33(28,29)23-17-8-3-4-9-19(17)30-2/h3-13,22-23H,1-2H3. The Hall–Kier alpha value is -3.77. The number of aromatic nitrogens is 1. The number of anilines is 2. The van der Waals surface area contributed by atoms with Gasteiger partial charge in [0.25, 0.3) is 20.0 Å². The van der Waals surface area contributed by atoms with Crippen molar-refractivity contribution >= 4 is 42.5 Å². The molecule has 0 spiro atoms. The number of nitrogens with zero attached hydrogens (tertiary/aromatic N) is 1. The summed E-state index contributed by atoms with van der Waals surface area (Å²) >= 11 is 0. The third-order valence-electron chi connectivity index (χ3n) is 4.82. The van der Waals surface area contributed by atoms with E-state index in [0.29, 0.717) is 11.3 Å². The van der Waals surface area contributed by atoms with Crippen LogP contribution in [0.4, 0.5) is 11.4 Å². The molecule has 0 amide bonds. The molecule has 12 heteroatoms. The lowest BCUT2D eigenvalue weighted by atomic mass is 10.3. The van der Waals surface area contributed by atoms with E-state index in [1.807, 2.05) is 0 Å². The molecule has 0 atom stereocenters. The van der Waals surface area contributed by atoms with Gasteiger partial charge < -0.3 is 9.15 Å². The normalized spacial score (nSPS) is 11.9. The lowest BCUT2D eigenvalue weighted by Crippen LogP contribution is -2.16. The van der Waals surface area contributed by atoms with Gasteiger partial charge in [-0.3, -0.25) is 14.0 Å². The highest BCUT2D eigenvalue weighted by Crippen LogP contribution is 2.27. The van der Waals surface area contributed by atoms with E-state index in [-0.39, 0.29) is 26.7 Å². The maximum absolute atomic E-state index is 12.9. The molecule has 0 radical (unpaired) electrons. The number of ether oxygens (including phenoxy) is 1. The van der Waals surface area contributed by atoms with E-state index >= 15 is 0 Å². The lowest BCUT2D eigenvalue weighted by molar-refractivity contribution is 0.417. The molecule has 4 aromatic rings. The van der Waals surface area contributed by atoms with Crippen molar-refractivity contribution in [3.05, 3.63) is 77.3 Å². The summed E-state index contributed by atoms with van der Waals surface area (Å²) in [6.45, 7) is 0. The molecule has 1 heterocycles. The first-order valence-electron chi connectivity index (χ1n) is 9.49. The molecule has 10 nitrogen and oxygen atoms in total. The van der Waals surface area contributed by atoms with Gasteiger partial charge in [-0.2, -0.15) is 0 Å². The zero-order valence-electron chi connectivity index (χ0n) is 17.5. The number of hydrogen-bond acceptors (Lipinski definition) is 7. The fourth-order valence-corrected chi connectivity index (χ4v) is 5.34. The molecule has 0 bridgehead atoms. The topological polar surface area (TPSA) is 137 Å². The van der Waals surface area contributed by atoms with Crippen LogP contribution in [-0.4, -0.2) is 28.5 Å².